The van der Waals surface area contributed by atoms with E-state index in [0.29, 0.717) is 11.6 Å². The van der Waals surface area contributed by atoms with E-state index in [2.05, 4.69) is 34.6 Å². The van der Waals surface area contributed by atoms with E-state index in [1.165, 1.54) is 16.9 Å². The molecule has 3 rings (SSSR count). The number of rotatable bonds is 4. The van der Waals surface area contributed by atoms with Gasteiger partial charge >= 0.3 is 0 Å². The molecule has 0 atom stereocenters. The van der Waals surface area contributed by atoms with Crippen molar-refractivity contribution in [3.8, 4) is 11.1 Å². The molecule has 116 valence electrons. The molecule has 1 N–H and O–H groups in total. The van der Waals surface area contributed by atoms with Crippen molar-refractivity contribution >= 4 is 22.4 Å². The molecule has 1 aromatic heterocycles. The van der Waals surface area contributed by atoms with Crippen molar-refractivity contribution in [2.24, 2.45) is 0 Å². The molecule has 3 nitrogen and oxygen atoms in total. The minimum atomic E-state index is -0.0359. The molecule has 4 heteroatoms. The standard InChI is InChI=1S/C19H18N2OS/c1-13-14(2)23-19(20-13)21-18(22)12-15-8-10-17(11-9-15)16-6-4-3-5-7-16/h3-11H,12H2,1-2H3,(H,20,21,22). The number of hydrogen-bond donors (Lipinski definition) is 1. The Kier molecular flexibility index (Phi) is 4.53. The van der Waals surface area contributed by atoms with Crippen LogP contribution in [0.3, 0.4) is 0 Å². The summed E-state index contributed by atoms with van der Waals surface area (Å²) in [4.78, 5) is 17.6. The number of carbonyl (C=O) groups excluding carboxylic acids is 1. The van der Waals surface area contributed by atoms with Gasteiger partial charge in [-0.1, -0.05) is 54.6 Å². The van der Waals surface area contributed by atoms with Gasteiger partial charge in [-0.3, -0.25) is 4.79 Å². The lowest BCUT2D eigenvalue weighted by Crippen LogP contribution is -2.14. The molecule has 0 fully saturated rings. The van der Waals surface area contributed by atoms with Gasteiger partial charge in [-0.2, -0.15) is 0 Å². The number of hydrogen-bond acceptors (Lipinski definition) is 3. The van der Waals surface area contributed by atoms with Crippen LogP contribution in [0, 0.1) is 13.8 Å². The molecule has 0 saturated heterocycles. The number of nitrogens with zero attached hydrogens (tertiary/aromatic N) is 1. The van der Waals surface area contributed by atoms with E-state index >= 15 is 0 Å². The normalized spacial score (nSPS) is 10.5. The highest BCUT2D eigenvalue weighted by molar-refractivity contribution is 7.15. The predicted molar refractivity (Wildman–Crippen MR) is 95.8 cm³/mol. The van der Waals surface area contributed by atoms with Crippen LogP contribution in [0.25, 0.3) is 11.1 Å². The van der Waals surface area contributed by atoms with E-state index in [-0.39, 0.29) is 5.91 Å². The Morgan fingerprint density at radius 1 is 1.00 bits per heavy atom. The molecule has 3 aromatic rings. The van der Waals surface area contributed by atoms with Crippen LogP contribution in [0.4, 0.5) is 5.13 Å². The lowest BCUT2D eigenvalue weighted by molar-refractivity contribution is -0.115. The number of amides is 1. The topological polar surface area (TPSA) is 42.0 Å². The Bertz CT molecular complexity index is 788. The molecule has 0 radical (unpaired) electrons. The molecule has 23 heavy (non-hydrogen) atoms. The van der Waals surface area contributed by atoms with Gasteiger partial charge in [0.1, 0.15) is 0 Å². The summed E-state index contributed by atoms with van der Waals surface area (Å²) in [6.45, 7) is 3.95. The van der Waals surface area contributed by atoms with Crippen molar-refractivity contribution in [3.63, 3.8) is 0 Å². The first kappa shape index (κ1) is 15.4. The third-order valence-corrected chi connectivity index (χ3v) is 4.69. The molecular weight excluding hydrogens is 304 g/mol. The van der Waals surface area contributed by atoms with E-state index in [1.807, 2.05) is 44.2 Å². The third kappa shape index (κ3) is 3.85. The van der Waals surface area contributed by atoms with Crippen LogP contribution in [0.1, 0.15) is 16.1 Å². The van der Waals surface area contributed by atoms with Gasteiger partial charge in [0.05, 0.1) is 12.1 Å². The Morgan fingerprint density at radius 3 is 2.26 bits per heavy atom. The number of thiazole rings is 1. The first-order valence-electron chi connectivity index (χ1n) is 7.50. The van der Waals surface area contributed by atoms with Crippen molar-refractivity contribution < 1.29 is 4.79 Å². The smallest absolute Gasteiger partial charge is 0.230 e. The number of carbonyl (C=O) groups is 1. The molecule has 0 saturated carbocycles. The highest BCUT2D eigenvalue weighted by Crippen LogP contribution is 2.22. The van der Waals surface area contributed by atoms with Gasteiger partial charge in [-0.05, 0) is 30.5 Å². The number of anilines is 1. The van der Waals surface area contributed by atoms with Crippen LogP contribution in [-0.4, -0.2) is 10.9 Å². The van der Waals surface area contributed by atoms with Crippen LogP contribution in [-0.2, 0) is 11.2 Å². The zero-order valence-corrected chi connectivity index (χ0v) is 14.0. The highest BCUT2D eigenvalue weighted by Gasteiger charge is 2.09. The SMILES string of the molecule is Cc1nc(NC(=O)Cc2ccc(-c3ccccc3)cc2)sc1C. The van der Waals surface area contributed by atoms with Gasteiger partial charge in [0.2, 0.25) is 5.91 Å². The maximum absolute atomic E-state index is 12.1. The summed E-state index contributed by atoms with van der Waals surface area (Å²) < 4.78 is 0. The molecule has 2 aromatic carbocycles. The second-order valence-electron chi connectivity index (χ2n) is 5.45. The number of aromatic nitrogens is 1. The summed E-state index contributed by atoms with van der Waals surface area (Å²) in [5.74, 6) is -0.0359. The van der Waals surface area contributed by atoms with Crippen LogP contribution < -0.4 is 5.32 Å². The van der Waals surface area contributed by atoms with Crippen LogP contribution >= 0.6 is 11.3 Å². The summed E-state index contributed by atoms with van der Waals surface area (Å²) >= 11 is 1.51. The minimum Gasteiger partial charge on any atom is -0.302 e. The summed E-state index contributed by atoms with van der Waals surface area (Å²) in [6, 6.07) is 18.3. The Hall–Kier alpha value is -2.46. The van der Waals surface area contributed by atoms with Crippen molar-refractivity contribution in [2.75, 3.05) is 5.32 Å². The maximum atomic E-state index is 12.1. The van der Waals surface area contributed by atoms with Gasteiger partial charge in [0.15, 0.2) is 5.13 Å². The maximum Gasteiger partial charge on any atom is 0.230 e. The quantitative estimate of drug-likeness (QED) is 0.762. The van der Waals surface area contributed by atoms with Crippen LogP contribution in [0.2, 0.25) is 0 Å². The van der Waals surface area contributed by atoms with Crippen molar-refractivity contribution in [3.05, 3.63) is 70.7 Å². The number of nitrogens with one attached hydrogen (secondary N) is 1. The Morgan fingerprint density at radius 2 is 1.65 bits per heavy atom. The molecule has 0 unspecified atom stereocenters. The van der Waals surface area contributed by atoms with E-state index in [4.69, 9.17) is 0 Å². The summed E-state index contributed by atoms with van der Waals surface area (Å²) in [6.07, 6.45) is 0.354. The highest BCUT2D eigenvalue weighted by atomic mass is 32.1. The third-order valence-electron chi connectivity index (χ3n) is 3.70. The Labute approximate surface area is 140 Å². The lowest BCUT2D eigenvalue weighted by atomic mass is 10.0. The van der Waals surface area contributed by atoms with Crippen LogP contribution in [0.15, 0.2) is 54.6 Å². The predicted octanol–water partition coefficient (Wildman–Crippen LogP) is 4.61. The van der Waals surface area contributed by atoms with Crippen molar-refractivity contribution in [1.82, 2.24) is 4.98 Å². The second kappa shape index (κ2) is 6.75. The average molecular weight is 322 g/mol. The molecule has 1 amide bonds. The molecule has 0 aliphatic carbocycles. The molecule has 0 aliphatic rings. The first-order valence-corrected chi connectivity index (χ1v) is 8.32. The molecule has 0 bridgehead atoms. The summed E-state index contributed by atoms with van der Waals surface area (Å²) in [5, 5.41) is 3.54. The fourth-order valence-corrected chi connectivity index (χ4v) is 3.15. The average Bonchev–Trinajstić information content (AvgIpc) is 2.86. The van der Waals surface area contributed by atoms with Crippen molar-refractivity contribution in [1.29, 1.82) is 0 Å². The van der Waals surface area contributed by atoms with E-state index in [0.717, 1.165) is 21.7 Å². The molecule has 0 spiro atoms. The van der Waals surface area contributed by atoms with Gasteiger partial charge in [-0.25, -0.2) is 4.98 Å². The zero-order valence-electron chi connectivity index (χ0n) is 13.2. The number of benzene rings is 2. The minimum absolute atomic E-state index is 0.0359. The van der Waals surface area contributed by atoms with E-state index < -0.39 is 0 Å². The first-order chi connectivity index (χ1) is 11.1. The van der Waals surface area contributed by atoms with Crippen molar-refractivity contribution in [2.45, 2.75) is 20.3 Å². The summed E-state index contributed by atoms with van der Waals surface area (Å²) in [7, 11) is 0. The zero-order chi connectivity index (χ0) is 16.2. The summed E-state index contributed by atoms with van der Waals surface area (Å²) in [5.41, 5.74) is 4.29. The van der Waals surface area contributed by atoms with E-state index in [1.54, 1.807) is 0 Å². The monoisotopic (exact) mass is 322 g/mol. The van der Waals surface area contributed by atoms with Gasteiger partial charge in [-0.15, -0.1) is 11.3 Å². The second-order valence-corrected chi connectivity index (χ2v) is 6.65. The van der Waals surface area contributed by atoms with E-state index in [9.17, 15) is 4.79 Å². The fourth-order valence-electron chi connectivity index (χ4n) is 2.32. The largest absolute Gasteiger partial charge is 0.302 e. The fraction of sp³-hybridized carbons (Fsp3) is 0.158. The van der Waals surface area contributed by atoms with Gasteiger partial charge in [0, 0.05) is 4.88 Å². The lowest BCUT2D eigenvalue weighted by Gasteiger charge is -2.05. The Balaban J connectivity index is 1.65. The van der Waals surface area contributed by atoms with Gasteiger partial charge in [0.25, 0.3) is 0 Å². The molecule has 0 aliphatic heterocycles. The van der Waals surface area contributed by atoms with Crippen LogP contribution in [0.5, 0.6) is 0 Å². The van der Waals surface area contributed by atoms with Gasteiger partial charge < -0.3 is 5.32 Å². The molecular formula is C19H18N2OS. The number of aryl methyl sites for hydroxylation is 2. The molecule has 1 heterocycles.